The Morgan fingerprint density at radius 2 is 2.05 bits per heavy atom. The number of aryl methyl sites for hydroxylation is 1. The van der Waals surface area contributed by atoms with E-state index in [2.05, 4.69) is 5.32 Å². The molecule has 2 N–H and O–H groups in total. The van der Waals surface area contributed by atoms with Gasteiger partial charge in [0.2, 0.25) is 0 Å². The van der Waals surface area contributed by atoms with Gasteiger partial charge in [0.15, 0.2) is 0 Å². The summed E-state index contributed by atoms with van der Waals surface area (Å²) in [6.07, 6.45) is 0. The third kappa shape index (κ3) is 4.58. The molecule has 21 heavy (non-hydrogen) atoms. The van der Waals surface area contributed by atoms with Crippen LogP contribution in [0, 0.1) is 6.92 Å². The van der Waals surface area contributed by atoms with E-state index in [9.17, 15) is 4.79 Å². The van der Waals surface area contributed by atoms with Crippen molar-refractivity contribution in [1.29, 1.82) is 0 Å². The van der Waals surface area contributed by atoms with Gasteiger partial charge in [0.25, 0.3) is 0 Å². The fourth-order valence-corrected chi connectivity index (χ4v) is 2.88. The molecule has 5 heteroatoms. The molecule has 0 fully saturated rings. The number of nitrogens with zero attached hydrogens (tertiary/aromatic N) is 1. The summed E-state index contributed by atoms with van der Waals surface area (Å²) >= 11 is 1.64. The van der Waals surface area contributed by atoms with E-state index in [1.165, 1.54) is 5.56 Å². The number of amides is 2. The van der Waals surface area contributed by atoms with Gasteiger partial charge in [0.05, 0.1) is 13.2 Å². The van der Waals surface area contributed by atoms with Crippen molar-refractivity contribution in [2.24, 2.45) is 0 Å². The third-order valence-corrected chi connectivity index (χ3v) is 4.26. The van der Waals surface area contributed by atoms with Crippen LogP contribution in [-0.4, -0.2) is 29.2 Å². The van der Waals surface area contributed by atoms with Gasteiger partial charge in [0.1, 0.15) is 0 Å². The van der Waals surface area contributed by atoms with Crippen molar-refractivity contribution in [1.82, 2.24) is 10.2 Å². The first kappa shape index (κ1) is 15.5. The number of carbonyl (C=O) groups excluding carboxylic acids is 1. The molecule has 1 heterocycles. The predicted molar refractivity (Wildman–Crippen MR) is 85.2 cm³/mol. The fraction of sp³-hybridized carbons (Fsp3) is 0.312. The van der Waals surface area contributed by atoms with E-state index >= 15 is 0 Å². The number of nitrogens with one attached hydrogen (secondary N) is 1. The summed E-state index contributed by atoms with van der Waals surface area (Å²) in [6, 6.07) is 11.7. The summed E-state index contributed by atoms with van der Waals surface area (Å²) in [5, 5.41) is 14.1. The molecule has 0 aliphatic carbocycles. The highest BCUT2D eigenvalue weighted by Crippen LogP contribution is 2.15. The Balaban J connectivity index is 1.94. The van der Waals surface area contributed by atoms with Crippen molar-refractivity contribution >= 4 is 17.4 Å². The number of aliphatic hydroxyl groups excluding tert-OH is 1. The minimum absolute atomic E-state index is 0.0434. The van der Waals surface area contributed by atoms with Crippen LogP contribution in [0.3, 0.4) is 0 Å². The standard InChI is InChI=1S/C16H20N2O2S/c1-13-7-10-21-15(13)11-17-16(20)18(8-9-19)12-14-5-3-2-4-6-14/h2-7,10,19H,8-9,11-12H2,1H3,(H,17,20). The Bertz CT molecular complexity index is 569. The molecule has 1 aromatic heterocycles. The highest BCUT2D eigenvalue weighted by atomic mass is 32.1. The lowest BCUT2D eigenvalue weighted by atomic mass is 10.2. The third-order valence-electron chi connectivity index (χ3n) is 3.24. The van der Waals surface area contributed by atoms with E-state index in [1.54, 1.807) is 16.2 Å². The Morgan fingerprint density at radius 3 is 2.67 bits per heavy atom. The molecule has 2 amide bonds. The number of benzene rings is 1. The van der Waals surface area contributed by atoms with E-state index < -0.39 is 0 Å². The quantitative estimate of drug-likeness (QED) is 0.862. The number of carbonyl (C=O) groups is 1. The van der Waals surface area contributed by atoms with Gasteiger partial charge in [-0.15, -0.1) is 11.3 Å². The van der Waals surface area contributed by atoms with Crippen molar-refractivity contribution in [3.8, 4) is 0 Å². The zero-order chi connectivity index (χ0) is 15.1. The molecule has 112 valence electrons. The lowest BCUT2D eigenvalue weighted by Gasteiger charge is -2.22. The average Bonchev–Trinajstić information content (AvgIpc) is 2.91. The van der Waals surface area contributed by atoms with Crippen LogP contribution < -0.4 is 5.32 Å². The average molecular weight is 304 g/mol. The first-order valence-electron chi connectivity index (χ1n) is 6.91. The van der Waals surface area contributed by atoms with Crippen molar-refractivity contribution < 1.29 is 9.90 Å². The van der Waals surface area contributed by atoms with E-state index in [-0.39, 0.29) is 12.6 Å². The Morgan fingerprint density at radius 1 is 1.29 bits per heavy atom. The van der Waals surface area contributed by atoms with E-state index in [4.69, 9.17) is 5.11 Å². The van der Waals surface area contributed by atoms with Gasteiger partial charge < -0.3 is 15.3 Å². The second-order valence-electron chi connectivity index (χ2n) is 4.82. The molecule has 0 spiro atoms. The first-order valence-corrected chi connectivity index (χ1v) is 7.79. The largest absolute Gasteiger partial charge is 0.395 e. The molecule has 0 saturated heterocycles. The Hall–Kier alpha value is -1.85. The van der Waals surface area contributed by atoms with Crippen LogP contribution >= 0.6 is 11.3 Å². The molecule has 2 aromatic rings. The summed E-state index contributed by atoms with van der Waals surface area (Å²) in [7, 11) is 0. The van der Waals surface area contributed by atoms with Gasteiger partial charge in [-0.25, -0.2) is 4.79 Å². The van der Waals surface area contributed by atoms with Crippen LogP contribution in [0.2, 0.25) is 0 Å². The Kier molecular flexibility index (Phi) is 5.78. The lowest BCUT2D eigenvalue weighted by Crippen LogP contribution is -2.40. The van der Waals surface area contributed by atoms with Gasteiger partial charge in [-0.2, -0.15) is 0 Å². The zero-order valence-corrected chi connectivity index (χ0v) is 12.9. The minimum Gasteiger partial charge on any atom is -0.395 e. The van der Waals surface area contributed by atoms with Gasteiger partial charge in [-0.05, 0) is 29.5 Å². The molecule has 0 atom stereocenters. The topological polar surface area (TPSA) is 52.6 Å². The van der Waals surface area contributed by atoms with Crippen LogP contribution in [0.15, 0.2) is 41.8 Å². The highest BCUT2D eigenvalue weighted by molar-refractivity contribution is 7.10. The van der Waals surface area contributed by atoms with Crippen LogP contribution in [0.5, 0.6) is 0 Å². The maximum Gasteiger partial charge on any atom is 0.318 e. The Labute approximate surface area is 129 Å². The summed E-state index contributed by atoms with van der Waals surface area (Å²) in [6.45, 7) is 3.34. The summed E-state index contributed by atoms with van der Waals surface area (Å²) in [4.78, 5) is 15.0. The molecular formula is C16H20N2O2S. The highest BCUT2D eigenvalue weighted by Gasteiger charge is 2.13. The van der Waals surface area contributed by atoms with Crippen LogP contribution in [0.1, 0.15) is 16.0 Å². The van der Waals surface area contributed by atoms with E-state index in [0.29, 0.717) is 19.6 Å². The maximum atomic E-state index is 12.3. The number of urea groups is 1. The molecule has 0 saturated carbocycles. The molecule has 2 rings (SSSR count). The molecule has 4 nitrogen and oxygen atoms in total. The molecule has 0 aliphatic heterocycles. The SMILES string of the molecule is Cc1ccsc1CNC(=O)N(CCO)Cc1ccccc1. The summed E-state index contributed by atoms with van der Waals surface area (Å²) < 4.78 is 0. The molecule has 1 aromatic carbocycles. The van der Waals surface area contributed by atoms with Crippen LogP contribution in [0.25, 0.3) is 0 Å². The number of aliphatic hydroxyl groups is 1. The second kappa shape index (κ2) is 7.81. The smallest absolute Gasteiger partial charge is 0.318 e. The summed E-state index contributed by atoms with van der Waals surface area (Å²) in [5.41, 5.74) is 2.24. The van der Waals surface area contributed by atoms with E-state index in [1.807, 2.05) is 48.7 Å². The number of rotatable bonds is 6. The number of hydrogen-bond acceptors (Lipinski definition) is 3. The predicted octanol–water partition coefficient (Wildman–Crippen LogP) is 2.76. The molecule has 0 aliphatic rings. The molecule has 0 radical (unpaired) electrons. The molecule has 0 unspecified atom stereocenters. The van der Waals surface area contributed by atoms with Gasteiger partial charge in [0, 0.05) is 18.0 Å². The van der Waals surface area contributed by atoms with Crippen LogP contribution in [-0.2, 0) is 13.1 Å². The van der Waals surface area contributed by atoms with Crippen molar-refractivity contribution in [2.75, 3.05) is 13.2 Å². The number of hydrogen-bond donors (Lipinski definition) is 2. The second-order valence-corrected chi connectivity index (χ2v) is 5.82. The van der Waals surface area contributed by atoms with Gasteiger partial charge in [-0.3, -0.25) is 0 Å². The molecule has 0 bridgehead atoms. The van der Waals surface area contributed by atoms with Crippen molar-refractivity contribution in [3.05, 3.63) is 57.8 Å². The molecular weight excluding hydrogens is 284 g/mol. The fourth-order valence-electron chi connectivity index (χ4n) is 2.03. The maximum absolute atomic E-state index is 12.3. The van der Waals surface area contributed by atoms with Crippen molar-refractivity contribution in [3.63, 3.8) is 0 Å². The van der Waals surface area contributed by atoms with Crippen LogP contribution in [0.4, 0.5) is 4.79 Å². The van der Waals surface area contributed by atoms with Gasteiger partial charge >= 0.3 is 6.03 Å². The monoisotopic (exact) mass is 304 g/mol. The summed E-state index contributed by atoms with van der Waals surface area (Å²) in [5.74, 6) is 0. The van der Waals surface area contributed by atoms with Crippen molar-refractivity contribution in [2.45, 2.75) is 20.0 Å². The minimum atomic E-state index is -0.152. The van der Waals surface area contributed by atoms with Gasteiger partial charge in [-0.1, -0.05) is 30.3 Å². The number of thiophene rings is 1. The first-order chi connectivity index (χ1) is 10.2. The lowest BCUT2D eigenvalue weighted by molar-refractivity contribution is 0.174. The van der Waals surface area contributed by atoms with E-state index in [0.717, 1.165) is 10.4 Å². The zero-order valence-electron chi connectivity index (χ0n) is 12.1. The normalized spacial score (nSPS) is 10.4.